The monoisotopic (exact) mass is 436 g/mol. The normalized spacial score (nSPS) is 11.0. The second-order valence-electron chi connectivity index (χ2n) is 7.34. The van der Waals surface area contributed by atoms with E-state index in [2.05, 4.69) is 15.4 Å². The third kappa shape index (κ3) is 5.18. The molecule has 9 heteroatoms. The predicted molar refractivity (Wildman–Crippen MR) is 118 cm³/mol. The fourth-order valence-corrected chi connectivity index (χ4v) is 3.12. The Bertz CT molecular complexity index is 1170. The second-order valence-corrected chi connectivity index (χ2v) is 7.34. The van der Waals surface area contributed by atoms with Crippen molar-refractivity contribution in [3.8, 4) is 11.3 Å². The van der Waals surface area contributed by atoms with Crippen molar-refractivity contribution in [1.29, 1.82) is 0 Å². The van der Waals surface area contributed by atoms with Crippen molar-refractivity contribution in [2.45, 2.75) is 40.0 Å². The molecular formula is C23H24N4O5. The van der Waals surface area contributed by atoms with Gasteiger partial charge in [-0.15, -0.1) is 0 Å². The van der Waals surface area contributed by atoms with Gasteiger partial charge in [0, 0.05) is 39.1 Å². The molecule has 0 unspecified atom stereocenters. The van der Waals surface area contributed by atoms with Gasteiger partial charge in [-0.05, 0) is 19.1 Å². The maximum absolute atomic E-state index is 13.3. The highest BCUT2D eigenvalue weighted by Crippen LogP contribution is 2.29. The van der Waals surface area contributed by atoms with Gasteiger partial charge in [0.05, 0.1) is 11.9 Å². The van der Waals surface area contributed by atoms with Gasteiger partial charge >= 0.3 is 11.9 Å². The molecule has 1 N–H and O–H groups in total. The van der Waals surface area contributed by atoms with Crippen molar-refractivity contribution in [3.63, 3.8) is 0 Å². The standard InChI is InChI=1S/C23H24N4O5/c1-5-27-21(29)20(25-17-12-9-13-24-14-17)18(19(26-27)16-10-7-6-8-11-16)22(30)32-23(3,4)31-15(2)28/h6-14,25H,5H2,1-4H3. The van der Waals surface area contributed by atoms with Crippen LogP contribution in [0.15, 0.2) is 59.7 Å². The van der Waals surface area contributed by atoms with E-state index in [0.717, 1.165) is 0 Å². The molecule has 1 aromatic carbocycles. The van der Waals surface area contributed by atoms with Crippen LogP contribution in [0.1, 0.15) is 38.1 Å². The highest BCUT2D eigenvalue weighted by molar-refractivity contribution is 6.02. The zero-order valence-electron chi connectivity index (χ0n) is 18.3. The van der Waals surface area contributed by atoms with Gasteiger partial charge in [0.1, 0.15) is 16.9 Å². The van der Waals surface area contributed by atoms with Crippen molar-refractivity contribution in [1.82, 2.24) is 14.8 Å². The molecule has 166 valence electrons. The second kappa shape index (κ2) is 9.42. The first-order valence-corrected chi connectivity index (χ1v) is 10.0. The lowest BCUT2D eigenvalue weighted by atomic mass is 10.0. The number of benzene rings is 1. The molecule has 2 aromatic heterocycles. The Morgan fingerprint density at radius 2 is 1.81 bits per heavy atom. The van der Waals surface area contributed by atoms with Crippen LogP contribution in [-0.2, 0) is 20.8 Å². The summed E-state index contributed by atoms with van der Waals surface area (Å²) in [6.07, 6.45) is 3.12. The fourth-order valence-electron chi connectivity index (χ4n) is 3.12. The minimum absolute atomic E-state index is 0.0164. The van der Waals surface area contributed by atoms with Gasteiger partial charge in [-0.2, -0.15) is 5.10 Å². The summed E-state index contributed by atoms with van der Waals surface area (Å²) in [4.78, 5) is 42.0. The first-order valence-electron chi connectivity index (χ1n) is 10.0. The van der Waals surface area contributed by atoms with Crippen molar-refractivity contribution >= 4 is 23.3 Å². The van der Waals surface area contributed by atoms with E-state index in [9.17, 15) is 14.4 Å². The van der Waals surface area contributed by atoms with E-state index in [1.807, 2.05) is 6.07 Å². The summed E-state index contributed by atoms with van der Waals surface area (Å²) in [6.45, 7) is 6.14. The Kier molecular flexibility index (Phi) is 6.67. The highest BCUT2D eigenvalue weighted by atomic mass is 16.7. The molecule has 9 nitrogen and oxygen atoms in total. The number of pyridine rings is 1. The minimum atomic E-state index is -1.55. The summed E-state index contributed by atoms with van der Waals surface area (Å²) in [5, 5.41) is 7.40. The maximum atomic E-state index is 13.3. The zero-order valence-corrected chi connectivity index (χ0v) is 18.3. The lowest BCUT2D eigenvalue weighted by Gasteiger charge is -2.25. The van der Waals surface area contributed by atoms with Crippen LogP contribution in [0.25, 0.3) is 11.3 Å². The van der Waals surface area contributed by atoms with Crippen LogP contribution in [0.3, 0.4) is 0 Å². The van der Waals surface area contributed by atoms with E-state index in [0.29, 0.717) is 11.3 Å². The van der Waals surface area contributed by atoms with Gasteiger partial charge < -0.3 is 14.8 Å². The number of nitrogens with zero attached hydrogens (tertiary/aromatic N) is 3. The van der Waals surface area contributed by atoms with E-state index in [1.54, 1.807) is 49.5 Å². The number of aromatic nitrogens is 3. The molecule has 2 heterocycles. The molecule has 0 radical (unpaired) electrons. The lowest BCUT2D eigenvalue weighted by molar-refractivity contribution is -0.193. The molecule has 3 rings (SSSR count). The van der Waals surface area contributed by atoms with Gasteiger partial charge in [-0.3, -0.25) is 14.6 Å². The molecule has 0 saturated carbocycles. The number of hydrogen-bond acceptors (Lipinski definition) is 8. The van der Waals surface area contributed by atoms with Crippen molar-refractivity contribution in [2.75, 3.05) is 5.32 Å². The van der Waals surface area contributed by atoms with Gasteiger partial charge in [0.25, 0.3) is 11.3 Å². The largest absolute Gasteiger partial charge is 0.423 e. The summed E-state index contributed by atoms with van der Waals surface area (Å²) in [5.74, 6) is -3.03. The van der Waals surface area contributed by atoms with Gasteiger partial charge in [-0.25, -0.2) is 9.48 Å². The molecule has 0 atom stereocenters. The topological polar surface area (TPSA) is 112 Å². The molecular weight excluding hydrogens is 412 g/mol. The third-order valence-electron chi connectivity index (χ3n) is 4.37. The Morgan fingerprint density at radius 3 is 2.41 bits per heavy atom. The van der Waals surface area contributed by atoms with Crippen LogP contribution >= 0.6 is 0 Å². The van der Waals surface area contributed by atoms with Gasteiger partial charge in [0.2, 0.25) is 0 Å². The number of anilines is 2. The molecule has 0 bridgehead atoms. The molecule has 3 aromatic rings. The van der Waals surface area contributed by atoms with E-state index >= 15 is 0 Å². The quantitative estimate of drug-likeness (QED) is 0.442. The summed E-state index contributed by atoms with van der Waals surface area (Å²) in [5.41, 5.74) is 0.773. The first kappa shape index (κ1) is 22.7. The Hall–Kier alpha value is -4.01. The number of aryl methyl sites for hydroxylation is 1. The molecule has 0 saturated heterocycles. The highest BCUT2D eigenvalue weighted by Gasteiger charge is 2.32. The smallest absolute Gasteiger partial charge is 0.346 e. The van der Waals surface area contributed by atoms with Crippen molar-refractivity contribution < 1.29 is 19.1 Å². The number of rotatable bonds is 7. The summed E-state index contributed by atoms with van der Waals surface area (Å²) >= 11 is 0. The minimum Gasteiger partial charge on any atom is -0.423 e. The number of ether oxygens (including phenoxy) is 2. The van der Waals surface area contributed by atoms with Crippen LogP contribution in [0.5, 0.6) is 0 Å². The van der Waals surface area contributed by atoms with Crippen LogP contribution in [0, 0.1) is 0 Å². The molecule has 0 spiro atoms. The molecule has 32 heavy (non-hydrogen) atoms. The van der Waals surface area contributed by atoms with Crippen LogP contribution < -0.4 is 10.9 Å². The molecule has 0 amide bonds. The Balaban J connectivity index is 2.23. The van der Waals surface area contributed by atoms with E-state index in [4.69, 9.17) is 9.47 Å². The Labute approximate surface area is 185 Å². The average Bonchev–Trinajstić information content (AvgIpc) is 2.75. The number of nitrogens with one attached hydrogen (secondary N) is 1. The molecule has 0 aliphatic rings. The molecule has 0 aliphatic heterocycles. The fraction of sp³-hybridized carbons (Fsp3) is 0.261. The van der Waals surface area contributed by atoms with E-state index in [-0.39, 0.29) is 23.5 Å². The van der Waals surface area contributed by atoms with Crippen LogP contribution in [0.4, 0.5) is 11.4 Å². The summed E-state index contributed by atoms with van der Waals surface area (Å²) < 4.78 is 11.8. The summed E-state index contributed by atoms with van der Waals surface area (Å²) in [6, 6.07) is 12.4. The predicted octanol–water partition coefficient (Wildman–Crippen LogP) is 3.52. The zero-order chi connectivity index (χ0) is 23.3. The van der Waals surface area contributed by atoms with Crippen LogP contribution in [0.2, 0.25) is 0 Å². The first-order chi connectivity index (χ1) is 15.2. The summed E-state index contributed by atoms with van der Waals surface area (Å²) in [7, 11) is 0. The van der Waals surface area contributed by atoms with Crippen molar-refractivity contribution in [2.24, 2.45) is 0 Å². The average molecular weight is 436 g/mol. The number of esters is 2. The van der Waals surface area contributed by atoms with E-state index in [1.165, 1.54) is 31.6 Å². The number of carbonyl (C=O) groups excluding carboxylic acids is 2. The van der Waals surface area contributed by atoms with Crippen molar-refractivity contribution in [3.05, 3.63) is 70.8 Å². The van der Waals surface area contributed by atoms with Gasteiger partial charge in [-0.1, -0.05) is 30.3 Å². The van der Waals surface area contributed by atoms with Gasteiger partial charge in [0.15, 0.2) is 0 Å². The number of hydrogen-bond donors (Lipinski definition) is 1. The SMILES string of the molecule is CCn1nc(-c2ccccc2)c(C(=O)OC(C)(C)OC(C)=O)c(Nc2cccnc2)c1=O. The number of carbonyl (C=O) groups is 2. The van der Waals surface area contributed by atoms with Crippen LogP contribution in [-0.4, -0.2) is 32.5 Å². The molecule has 0 aliphatic carbocycles. The Morgan fingerprint density at radius 1 is 1.09 bits per heavy atom. The lowest BCUT2D eigenvalue weighted by Crippen LogP contribution is -2.35. The maximum Gasteiger partial charge on any atom is 0.346 e. The third-order valence-corrected chi connectivity index (χ3v) is 4.37. The molecule has 0 fully saturated rings. The van der Waals surface area contributed by atoms with E-state index < -0.39 is 23.3 Å².